The third-order valence-corrected chi connectivity index (χ3v) is 3.61. The summed E-state index contributed by atoms with van der Waals surface area (Å²) in [6, 6.07) is 13.0. The second kappa shape index (κ2) is 5.83. The monoisotopic (exact) mass is 310 g/mol. The van der Waals surface area contributed by atoms with Gasteiger partial charge in [0.05, 0.1) is 0 Å². The van der Waals surface area contributed by atoms with Crippen LogP contribution >= 0.6 is 23.2 Å². The number of halogens is 2. The molecule has 0 amide bonds. The van der Waals surface area contributed by atoms with Gasteiger partial charge in [-0.2, -0.15) is 0 Å². The summed E-state index contributed by atoms with van der Waals surface area (Å²) in [6.45, 7) is 0. The maximum absolute atomic E-state index is 11.8. The van der Waals surface area contributed by atoms with E-state index < -0.39 is 11.6 Å². The van der Waals surface area contributed by atoms with E-state index in [1.54, 1.807) is 48.5 Å². The fraction of sp³-hybridized carbons (Fsp3) is 0.133. The van der Waals surface area contributed by atoms with Crippen LogP contribution < -0.4 is 0 Å². The van der Waals surface area contributed by atoms with Crippen LogP contribution in [0.3, 0.4) is 0 Å². The summed E-state index contributed by atoms with van der Waals surface area (Å²) in [5.74, 6) is -1.11. The Bertz CT molecular complexity index is 561. The summed E-state index contributed by atoms with van der Waals surface area (Å²) in [7, 11) is 1.36. The third kappa shape index (κ3) is 2.52. The summed E-state index contributed by atoms with van der Waals surface area (Å²) in [6.07, 6.45) is 0. The Labute approximate surface area is 126 Å². The molecule has 0 heterocycles. The van der Waals surface area contributed by atoms with Crippen LogP contribution in [0.4, 0.5) is 0 Å². The Morgan fingerprint density at radius 3 is 1.55 bits per heavy atom. The van der Waals surface area contributed by atoms with Crippen molar-refractivity contribution in [1.82, 2.24) is 0 Å². The van der Waals surface area contributed by atoms with E-state index in [0.29, 0.717) is 21.2 Å². The van der Waals surface area contributed by atoms with Crippen molar-refractivity contribution < 1.29 is 14.6 Å². The van der Waals surface area contributed by atoms with Crippen LogP contribution in [-0.4, -0.2) is 18.2 Å². The Morgan fingerprint density at radius 2 is 1.30 bits per heavy atom. The minimum atomic E-state index is -1.59. The van der Waals surface area contributed by atoms with E-state index >= 15 is 0 Å². The minimum Gasteiger partial charge on any atom is -0.479 e. The number of carbonyl (C=O) groups is 1. The number of rotatable bonds is 4. The highest BCUT2D eigenvalue weighted by Crippen LogP contribution is 2.34. The molecule has 0 radical (unpaired) electrons. The first-order chi connectivity index (χ1) is 9.50. The lowest BCUT2D eigenvalue weighted by atomic mass is 9.86. The molecule has 2 rings (SSSR count). The van der Waals surface area contributed by atoms with E-state index in [1.165, 1.54) is 7.11 Å². The molecule has 0 atom stereocenters. The maximum Gasteiger partial charge on any atom is 0.345 e. The van der Waals surface area contributed by atoms with Crippen molar-refractivity contribution in [1.29, 1.82) is 0 Å². The lowest BCUT2D eigenvalue weighted by molar-refractivity contribution is -0.158. The second-order valence-corrected chi connectivity index (χ2v) is 5.08. The molecule has 3 nitrogen and oxygen atoms in total. The van der Waals surface area contributed by atoms with Crippen molar-refractivity contribution >= 4 is 29.2 Å². The maximum atomic E-state index is 11.8. The molecule has 0 fully saturated rings. The van der Waals surface area contributed by atoms with E-state index in [4.69, 9.17) is 27.9 Å². The van der Waals surface area contributed by atoms with Crippen molar-refractivity contribution in [2.45, 2.75) is 5.60 Å². The minimum absolute atomic E-state index is 0.485. The topological polar surface area (TPSA) is 46.5 Å². The molecule has 0 unspecified atom stereocenters. The average Bonchev–Trinajstić information content (AvgIpc) is 2.43. The highest BCUT2D eigenvalue weighted by Gasteiger charge is 2.42. The predicted molar refractivity (Wildman–Crippen MR) is 78.3 cm³/mol. The van der Waals surface area contributed by atoms with E-state index in [1.807, 2.05) is 0 Å². The molecule has 2 aromatic carbocycles. The van der Waals surface area contributed by atoms with Gasteiger partial charge in [0.1, 0.15) is 0 Å². The van der Waals surface area contributed by atoms with Crippen molar-refractivity contribution in [3.8, 4) is 0 Å². The SMILES string of the molecule is COC(C(=O)O)(c1ccc(Cl)cc1)c1ccc(Cl)cc1. The first-order valence-corrected chi connectivity index (χ1v) is 6.57. The predicted octanol–water partition coefficient (Wildman–Crippen LogP) is 3.97. The number of ether oxygens (including phenoxy) is 1. The first-order valence-electron chi connectivity index (χ1n) is 5.81. The van der Waals surface area contributed by atoms with Gasteiger partial charge in [-0.1, -0.05) is 47.5 Å². The lowest BCUT2D eigenvalue weighted by Crippen LogP contribution is -2.39. The molecule has 0 bridgehead atoms. The normalized spacial score (nSPS) is 11.3. The standard InChI is InChI=1S/C15H12Cl2O3/c1-20-15(14(18)19,10-2-6-12(16)7-3-10)11-4-8-13(17)9-5-11/h2-9H,1H3,(H,18,19). The summed E-state index contributed by atoms with van der Waals surface area (Å²) >= 11 is 11.7. The highest BCUT2D eigenvalue weighted by atomic mass is 35.5. The van der Waals surface area contributed by atoms with Gasteiger partial charge in [0.2, 0.25) is 5.60 Å². The molecule has 0 aliphatic heterocycles. The average molecular weight is 311 g/mol. The number of carboxylic acids is 1. The molecule has 0 saturated carbocycles. The van der Waals surface area contributed by atoms with E-state index in [0.717, 1.165) is 0 Å². The fourth-order valence-corrected chi connectivity index (χ4v) is 2.36. The van der Waals surface area contributed by atoms with Gasteiger partial charge in [0, 0.05) is 17.2 Å². The molecular formula is C15H12Cl2O3. The van der Waals surface area contributed by atoms with Gasteiger partial charge < -0.3 is 9.84 Å². The highest BCUT2D eigenvalue weighted by molar-refractivity contribution is 6.30. The Balaban J connectivity index is 2.64. The molecule has 0 spiro atoms. The van der Waals surface area contributed by atoms with Crippen molar-refractivity contribution in [2.24, 2.45) is 0 Å². The third-order valence-electron chi connectivity index (χ3n) is 3.11. The zero-order chi connectivity index (χ0) is 14.8. The van der Waals surface area contributed by atoms with Gasteiger partial charge in [-0.25, -0.2) is 4.79 Å². The van der Waals surface area contributed by atoms with E-state index in [-0.39, 0.29) is 0 Å². The van der Waals surface area contributed by atoms with Gasteiger partial charge in [-0.15, -0.1) is 0 Å². The quantitative estimate of drug-likeness (QED) is 0.929. The summed E-state index contributed by atoms with van der Waals surface area (Å²) < 4.78 is 5.37. The van der Waals surface area contributed by atoms with Crippen molar-refractivity contribution in [3.63, 3.8) is 0 Å². The summed E-state index contributed by atoms with van der Waals surface area (Å²) in [5, 5.41) is 10.7. The van der Waals surface area contributed by atoms with E-state index in [9.17, 15) is 9.90 Å². The first kappa shape index (κ1) is 14.9. The molecular weight excluding hydrogens is 299 g/mol. The van der Waals surface area contributed by atoms with Crippen LogP contribution in [0, 0.1) is 0 Å². The molecule has 0 aliphatic carbocycles. The molecule has 20 heavy (non-hydrogen) atoms. The number of carboxylic acid groups (broad SMARTS) is 1. The molecule has 104 valence electrons. The van der Waals surface area contributed by atoms with Crippen LogP contribution in [-0.2, 0) is 15.1 Å². The lowest BCUT2D eigenvalue weighted by Gasteiger charge is -2.29. The summed E-state index contributed by atoms with van der Waals surface area (Å²) in [5.41, 5.74) is -0.617. The van der Waals surface area contributed by atoms with Gasteiger partial charge in [-0.05, 0) is 35.4 Å². The number of benzene rings is 2. The van der Waals surface area contributed by atoms with Gasteiger partial charge in [0.15, 0.2) is 0 Å². The fourth-order valence-electron chi connectivity index (χ4n) is 2.11. The molecule has 5 heteroatoms. The largest absolute Gasteiger partial charge is 0.479 e. The molecule has 0 aliphatic rings. The second-order valence-electron chi connectivity index (χ2n) is 4.20. The van der Waals surface area contributed by atoms with Crippen LogP contribution in [0.1, 0.15) is 11.1 Å². The van der Waals surface area contributed by atoms with Crippen molar-refractivity contribution in [2.75, 3.05) is 7.11 Å². The summed E-state index contributed by atoms with van der Waals surface area (Å²) in [4.78, 5) is 11.8. The zero-order valence-corrected chi connectivity index (χ0v) is 12.2. The number of hydrogen-bond donors (Lipinski definition) is 1. The van der Waals surface area contributed by atoms with Gasteiger partial charge >= 0.3 is 5.97 Å². The molecule has 0 saturated heterocycles. The van der Waals surface area contributed by atoms with Crippen LogP contribution in [0.2, 0.25) is 10.0 Å². The number of methoxy groups -OCH3 is 1. The Kier molecular flexibility index (Phi) is 4.33. The van der Waals surface area contributed by atoms with Gasteiger partial charge in [-0.3, -0.25) is 0 Å². The Hall–Kier alpha value is -1.55. The molecule has 2 aromatic rings. The van der Waals surface area contributed by atoms with Gasteiger partial charge in [0.25, 0.3) is 0 Å². The van der Waals surface area contributed by atoms with Crippen LogP contribution in [0.15, 0.2) is 48.5 Å². The molecule has 0 aromatic heterocycles. The Morgan fingerprint density at radius 1 is 0.950 bits per heavy atom. The number of aliphatic carboxylic acids is 1. The molecule has 1 N–H and O–H groups in total. The van der Waals surface area contributed by atoms with Crippen LogP contribution in [0.25, 0.3) is 0 Å². The smallest absolute Gasteiger partial charge is 0.345 e. The number of hydrogen-bond acceptors (Lipinski definition) is 2. The zero-order valence-electron chi connectivity index (χ0n) is 10.6. The van der Waals surface area contributed by atoms with Crippen molar-refractivity contribution in [3.05, 3.63) is 69.7 Å². The van der Waals surface area contributed by atoms with Crippen LogP contribution in [0.5, 0.6) is 0 Å². The van der Waals surface area contributed by atoms with E-state index in [2.05, 4.69) is 0 Å².